The SMILES string of the molecule is FC(F)(F)c1cccc(CNc2nc(NCc3ccc4c(c3)OCO4)nc3c2ncn3-c2ccsc2)c1. The van der Waals surface area contributed by atoms with Crippen molar-refractivity contribution in [3.63, 3.8) is 0 Å². The number of hydrogen-bond donors (Lipinski definition) is 2. The van der Waals surface area contributed by atoms with Crippen LogP contribution in [0.1, 0.15) is 16.7 Å². The number of imidazole rings is 1. The minimum Gasteiger partial charge on any atom is -0.454 e. The fourth-order valence-corrected chi connectivity index (χ4v) is 4.59. The molecule has 4 heterocycles. The Bertz CT molecular complexity index is 1570. The van der Waals surface area contributed by atoms with Crippen LogP contribution in [0.5, 0.6) is 11.5 Å². The first-order valence-electron chi connectivity index (χ1n) is 11.2. The third-order valence-electron chi connectivity index (χ3n) is 5.78. The number of ether oxygens (including phenoxy) is 2. The number of halogens is 3. The van der Waals surface area contributed by atoms with Gasteiger partial charge in [0.05, 0.1) is 11.3 Å². The Morgan fingerprint density at radius 2 is 1.78 bits per heavy atom. The molecule has 0 aliphatic carbocycles. The van der Waals surface area contributed by atoms with Crippen molar-refractivity contribution in [3.05, 3.63) is 82.3 Å². The van der Waals surface area contributed by atoms with E-state index in [0.29, 0.717) is 46.5 Å². The van der Waals surface area contributed by atoms with Gasteiger partial charge in [-0.25, -0.2) is 4.98 Å². The zero-order valence-electron chi connectivity index (χ0n) is 19.1. The highest BCUT2D eigenvalue weighted by atomic mass is 32.1. The Morgan fingerprint density at radius 3 is 2.62 bits per heavy atom. The molecule has 0 amide bonds. The lowest BCUT2D eigenvalue weighted by Crippen LogP contribution is -2.10. The number of benzene rings is 2. The van der Waals surface area contributed by atoms with Crippen LogP contribution in [0.15, 0.2) is 65.6 Å². The van der Waals surface area contributed by atoms with Gasteiger partial charge in [-0.1, -0.05) is 18.2 Å². The molecular formula is C25H19F3N6O2S. The van der Waals surface area contributed by atoms with E-state index >= 15 is 0 Å². The largest absolute Gasteiger partial charge is 0.454 e. The Balaban J connectivity index is 1.30. The molecule has 0 saturated heterocycles. The van der Waals surface area contributed by atoms with Crippen molar-refractivity contribution in [1.82, 2.24) is 19.5 Å². The Hall–Kier alpha value is -4.32. The summed E-state index contributed by atoms with van der Waals surface area (Å²) >= 11 is 1.55. The number of rotatable bonds is 7. The molecule has 37 heavy (non-hydrogen) atoms. The Kier molecular flexibility index (Phi) is 5.80. The van der Waals surface area contributed by atoms with Crippen LogP contribution >= 0.6 is 11.3 Å². The van der Waals surface area contributed by atoms with Gasteiger partial charge in [0, 0.05) is 18.5 Å². The summed E-state index contributed by atoms with van der Waals surface area (Å²) in [4.78, 5) is 13.7. The molecule has 8 nitrogen and oxygen atoms in total. The second-order valence-electron chi connectivity index (χ2n) is 8.26. The van der Waals surface area contributed by atoms with E-state index in [-0.39, 0.29) is 13.3 Å². The third-order valence-corrected chi connectivity index (χ3v) is 6.45. The molecule has 0 saturated carbocycles. The second kappa shape index (κ2) is 9.28. The molecule has 0 atom stereocenters. The molecule has 3 aromatic heterocycles. The third kappa shape index (κ3) is 4.75. The smallest absolute Gasteiger partial charge is 0.416 e. The highest BCUT2D eigenvalue weighted by Crippen LogP contribution is 2.33. The predicted molar refractivity (Wildman–Crippen MR) is 133 cm³/mol. The van der Waals surface area contributed by atoms with E-state index in [0.717, 1.165) is 23.4 Å². The maximum absolute atomic E-state index is 13.2. The summed E-state index contributed by atoms with van der Waals surface area (Å²) in [7, 11) is 0. The van der Waals surface area contributed by atoms with Crippen molar-refractivity contribution in [3.8, 4) is 17.2 Å². The lowest BCUT2D eigenvalue weighted by atomic mass is 10.1. The normalized spacial score (nSPS) is 12.7. The van der Waals surface area contributed by atoms with Crippen LogP contribution < -0.4 is 20.1 Å². The molecule has 0 radical (unpaired) electrons. The van der Waals surface area contributed by atoms with Gasteiger partial charge in [0.2, 0.25) is 12.7 Å². The molecule has 0 bridgehead atoms. The van der Waals surface area contributed by atoms with Crippen LogP contribution in [-0.2, 0) is 19.3 Å². The van der Waals surface area contributed by atoms with E-state index < -0.39 is 11.7 Å². The topological polar surface area (TPSA) is 86.1 Å². The van der Waals surface area contributed by atoms with E-state index in [1.165, 1.54) is 6.07 Å². The average Bonchev–Trinajstić information content (AvgIpc) is 3.66. The van der Waals surface area contributed by atoms with E-state index in [2.05, 4.69) is 25.6 Å². The zero-order chi connectivity index (χ0) is 25.4. The van der Waals surface area contributed by atoms with Crippen LogP contribution in [0, 0.1) is 0 Å². The summed E-state index contributed by atoms with van der Waals surface area (Å²) < 4.78 is 52.1. The van der Waals surface area contributed by atoms with Crippen LogP contribution in [0.3, 0.4) is 0 Å². The van der Waals surface area contributed by atoms with Crippen LogP contribution in [0.25, 0.3) is 16.9 Å². The van der Waals surface area contributed by atoms with Crippen molar-refractivity contribution in [2.75, 3.05) is 17.4 Å². The molecule has 6 rings (SSSR count). The van der Waals surface area contributed by atoms with Crippen molar-refractivity contribution in [2.24, 2.45) is 0 Å². The Labute approximate surface area is 212 Å². The first-order chi connectivity index (χ1) is 17.9. The quantitative estimate of drug-likeness (QED) is 0.276. The van der Waals surface area contributed by atoms with Crippen molar-refractivity contribution in [2.45, 2.75) is 19.3 Å². The van der Waals surface area contributed by atoms with Crippen LogP contribution in [-0.4, -0.2) is 26.3 Å². The number of hydrogen-bond acceptors (Lipinski definition) is 8. The lowest BCUT2D eigenvalue weighted by Gasteiger charge is -2.12. The van der Waals surface area contributed by atoms with Gasteiger partial charge in [0.1, 0.15) is 6.33 Å². The zero-order valence-corrected chi connectivity index (χ0v) is 19.9. The fourth-order valence-electron chi connectivity index (χ4n) is 3.96. The minimum atomic E-state index is -4.41. The van der Waals surface area contributed by atoms with Gasteiger partial charge < -0.3 is 20.1 Å². The highest BCUT2D eigenvalue weighted by molar-refractivity contribution is 7.08. The highest BCUT2D eigenvalue weighted by Gasteiger charge is 2.30. The second-order valence-corrected chi connectivity index (χ2v) is 9.04. The first kappa shape index (κ1) is 23.1. The minimum absolute atomic E-state index is 0.128. The van der Waals surface area contributed by atoms with Crippen LogP contribution in [0.4, 0.5) is 24.9 Å². The van der Waals surface area contributed by atoms with Gasteiger partial charge in [-0.3, -0.25) is 4.57 Å². The average molecular weight is 525 g/mol. The van der Waals surface area contributed by atoms with Gasteiger partial charge in [-0.05, 0) is 46.8 Å². The molecule has 0 fully saturated rings. The van der Waals surface area contributed by atoms with Gasteiger partial charge in [-0.2, -0.15) is 34.5 Å². The van der Waals surface area contributed by atoms with Crippen molar-refractivity contribution >= 4 is 34.3 Å². The number of anilines is 2. The summed E-state index contributed by atoms with van der Waals surface area (Å²) in [6.45, 7) is 0.740. The molecule has 188 valence electrons. The number of nitrogens with zero attached hydrogens (tertiary/aromatic N) is 4. The first-order valence-corrected chi connectivity index (χ1v) is 12.2. The van der Waals surface area contributed by atoms with Crippen molar-refractivity contribution < 1.29 is 22.6 Å². The number of nitrogens with one attached hydrogen (secondary N) is 2. The molecular weight excluding hydrogens is 505 g/mol. The van der Waals surface area contributed by atoms with Gasteiger partial charge >= 0.3 is 6.18 Å². The molecule has 0 unspecified atom stereocenters. The lowest BCUT2D eigenvalue weighted by molar-refractivity contribution is -0.137. The van der Waals surface area contributed by atoms with Gasteiger partial charge in [-0.15, -0.1) is 0 Å². The Morgan fingerprint density at radius 1 is 0.946 bits per heavy atom. The van der Waals surface area contributed by atoms with E-state index in [9.17, 15) is 13.2 Å². The summed E-state index contributed by atoms with van der Waals surface area (Å²) in [6, 6.07) is 12.8. The van der Waals surface area contributed by atoms with E-state index in [4.69, 9.17) is 9.47 Å². The molecule has 0 spiro atoms. The standard InChI is InChI=1S/C25H19F3N6O2S/c26-25(27,28)17-3-1-2-15(8-17)10-29-22-21-23(34(13-31-21)18-6-7-37-12-18)33-24(32-22)30-11-16-4-5-19-20(9-16)36-14-35-19/h1-9,12-13H,10-11,14H2,(H2,29,30,32,33). The summed E-state index contributed by atoms with van der Waals surface area (Å²) in [5.74, 6) is 2.12. The maximum atomic E-state index is 13.2. The number of fused-ring (bicyclic) bond motifs is 2. The molecule has 2 N–H and O–H groups in total. The molecule has 1 aliphatic rings. The number of thiophene rings is 1. The van der Waals surface area contributed by atoms with Gasteiger partial charge in [0.15, 0.2) is 28.5 Å². The van der Waals surface area contributed by atoms with E-state index in [1.807, 2.05) is 39.6 Å². The number of alkyl halides is 3. The summed E-state index contributed by atoms with van der Waals surface area (Å²) in [6.07, 6.45) is -2.76. The number of aromatic nitrogens is 4. The monoisotopic (exact) mass is 524 g/mol. The predicted octanol–water partition coefficient (Wildman–Crippen LogP) is 5.85. The van der Waals surface area contributed by atoms with E-state index in [1.54, 1.807) is 23.7 Å². The maximum Gasteiger partial charge on any atom is 0.416 e. The molecule has 12 heteroatoms. The molecule has 1 aliphatic heterocycles. The fraction of sp³-hybridized carbons (Fsp3) is 0.160. The van der Waals surface area contributed by atoms with Gasteiger partial charge in [0.25, 0.3) is 0 Å². The molecule has 5 aromatic rings. The van der Waals surface area contributed by atoms with Crippen LogP contribution in [0.2, 0.25) is 0 Å². The van der Waals surface area contributed by atoms with Crippen molar-refractivity contribution in [1.29, 1.82) is 0 Å². The summed E-state index contributed by atoms with van der Waals surface area (Å²) in [5.41, 5.74) is 2.68. The molecule has 2 aromatic carbocycles. The summed E-state index contributed by atoms with van der Waals surface area (Å²) in [5, 5.41) is 10.3.